The zero-order valence-electron chi connectivity index (χ0n) is 13.7. The first-order valence-corrected chi connectivity index (χ1v) is 8.25. The van der Waals surface area contributed by atoms with E-state index in [1.54, 1.807) is 0 Å². The molecule has 24 heavy (non-hydrogen) atoms. The Kier molecular flexibility index (Phi) is 8.84. The molecule has 0 radical (unpaired) electrons. The third-order valence-electron chi connectivity index (χ3n) is 4.40. The second-order valence-electron chi connectivity index (χ2n) is 6.36. The lowest BCUT2D eigenvalue weighted by Crippen LogP contribution is -2.36. The molecule has 2 fully saturated rings. The molecule has 1 amide bonds. The Morgan fingerprint density at radius 2 is 1.79 bits per heavy atom. The molecule has 0 atom stereocenters. The van der Waals surface area contributed by atoms with Crippen molar-refractivity contribution in [3.8, 4) is 0 Å². The molecule has 1 saturated carbocycles. The molecule has 7 heteroatoms. The summed E-state index contributed by atoms with van der Waals surface area (Å²) in [6.07, 6.45) is 3.96. The summed E-state index contributed by atoms with van der Waals surface area (Å²) in [6, 6.07) is 7.90. The zero-order valence-corrected chi connectivity index (χ0v) is 15.4. The number of piperidine rings is 1. The van der Waals surface area contributed by atoms with Crippen molar-refractivity contribution < 1.29 is 9.90 Å². The van der Waals surface area contributed by atoms with E-state index in [-0.39, 0.29) is 36.8 Å². The number of aliphatic hydroxyl groups excluding tert-OH is 1. The first-order valence-electron chi connectivity index (χ1n) is 8.25. The molecule has 3 rings (SSSR count). The standard InChI is InChI=1S/C17H25N3O2.2ClH/c21-14-7-9-20(10-8-14)16-4-2-1-3-15(16)19-17(22)12-18-11-13-5-6-13;;/h1-4,13-14,18,21H,5-12H2,(H,19,22);2*1H. The van der Waals surface area contributed by atoms with Crippen LogP contribution in [0.5, 0.6) is 0 Å². The van der Waals surface area contributed by atoms with E-state index in [2.05, 4.69) is 15.5 Å². The molecule has 136 valence electrons. The van der Waals surface area contributed by atoms with Gasteiger partial charge in [0, 0.05) is 13.1 Å². The normalized spacial score (nSPS) is 17.6. The fourth-order valence-corrected chi connectivity index (χ4v) is 2.87. The van der Waals surface area contributed by atoms with Crippen molar-refractivity contribution in [1.82, 2.24) is 5.32 Å². The number of hydrogen-bond donors (Lipinski definition) is 3. The van der Waals surface area contributed by atoms with Crippen molar-refractivity contribution in [3.05, 3.63) is 24.3 Å². The third-order valence-corrected chi connectivity index (χ3v) is 4.40. The van der Waals surface area contributed by atoms with E-state index in [4.69, 9.17) is 0 Å². The van der Waals surface area contributed by atoms with Crippen molar-refractivity contribution in [1.29, 1.82) is 0 Å². The van der Waals surface area contributed by atoms with Crippen molar-refractivity contribution >= 4 is 42.1 Å². The minimum Gasteiger partial charge on any atom is -0.393 e. The number of nitrogens with zero attached hydrogens (tertiary/aromatic N) is 1. The van der Waals surface area contributed by atoms with Crippen molar-refractivity contribution in [2.24, 2.45) is 5.92 Å². The Morgan fingerprint density at radius 1 is 1.12 bits per heavy atom. The number of rotatable bonds is 6. The number of aliphatic hydroxyl groups is 1. The van der Waals surface area contributed by atoms with Crippen LogP contribution in [0.1, 0.15) is 25.7 Å². The maximum Gasteiger partial charge on any atom is 0.238 e. The average Bonchev–Trinajstić information content (AvgIpc) is 3.33. The maximum atomic E-state index is 12.1. The van der Waals surface area contributed by atoms with Gasteiger partial charge in [0.2, 0.25) is 5.91 Å². The van der Waals surface area contributed by atoms with Crippen LogP contribution >= 0.6 is 24.8 Å². The summed E-state index contributed by atoms with van der Waals surface area (Å²) >= 11 is 0. The van der Waals surface area contributed by atoms with E-state index in [1.165, 1.54) is 12.8 Å². The van der Waals surface area contributed by atoms with Crippen LogP contribution in [0.25, 0.3) is 0 Å². The minimum absolute atomic E-state index is 0. The summed E-state index contributed by atoms with van der Waals surface area (Å²) < 4.78 is 0. The van der Waals surface area contributed by atoms with Gasteiger partial charge < -0.3 is 20.6 Å². The molecule has 0 aromatic heterocycles. The molecular weight excluding hydrogens is 349 g/mol. The second kappa shape index (κ2) is 10.1. The lowest BCUT2D eigenvalue weighted by molar-refractivity contribution is -0.115. The highest BCUT2D eigenvalue weighted by Crippen LogP contribution is 2.29. The Hall–Kier alpha value is -1.01. The summed E-state index contributed by atoms with van der Waals surface area (Å²) in [7, 11) is 0. The average molecular weight is 376 g/mol. The number of hydrogen-bond acceptors (Lipinski definition) is 4. The van der Waals surface area contributed by atoms with Crippen LogP contribution in [0.4, 0.5) is 11.4 Å². The van der Waals surface area contributed by atoms with Crippen LogP contribution in [0.2, 0.25) is 0 Å². The molecule has 1 aromatic rings. The third kappa shape index (κ3) is 6.13. The molecule has 1 saturated heterocycles. The fraction of sp³-hybridized carbons (Fsp3) is 0.588. The zero-order chi connectivity index (χ0) is 15.4. The summed E-state index contributed by atoms with van der Waals surface area (Å²) in [6.45, 7) is 2.96. The van der Waals surface area contributed by atoms with Crippen molar-refractivity contribution in [3.63, 3.8) is 0 Å². The molecular formula is C17H27Cl2N3O2. The van der Waals surface area contributed by atoms with Crippen LogP contribution in [0.15, 0.2) is 24.3 Å². The Balaban J connectivity index is 0.00000144. The van der Waals surface area contributed by atoms with Crippen molar-refractivity contribution in [2.45, 2.75) is 31.8 Å². The smallest absolute Gasteiger partial charge is 0.238 e. The lowest BCUT2D eigenvalue weighted by Gasteiger charge is -2.32. The van der Waals surface area contributed by atoms with E-state index in [1.807, 2.05) is 24.3 Å². The van der Waals surface area contributed by atoms with Crippen LogP contribution in [-0.2, 0) is 4.79 Å². The fourth-order valence-electron chi connectivity index (χ4n) is 2.87. The van der Waals surface area contributed by atoms with Gasteiger partial charge >= 0.3 is 0 Å². The molecule has 1 aliphatic carbocycles. The Labute approximate surface area is 156 Å². The van der Waals surface area contributed by atoms with E-state index in [0.717, 1.165) is 49.8 Å². The summed E-state index contributed by atoms with van der Waals surface area (Å²) in [4.78, 5) is 14.3. The summed E-state index contributed by atoms with van der Waals surface area (Å²) in [5.74, 6) is 0.782. The quantitative estimate of drug-likeness (QED) is 0.714. The molecule has 0 unspecified atom stereocenters. The number of amides is 1. The van der Waals surface area contributed by atoms with Gasteiger partial charge in [0.15, 0.2) is 0 Å². The molecule has 1 heterocycles. The van der Waals surface area contributed by atoms with Crippen LogP contribution in [0, 0.1) is 5.92 Å². The highest BCUT2D eigenvalue weighted by molar-refractivity contribution is 5.95. The van der Waals surface area contributed by atoms with E-state index in [0.29, 0.717) is 6.54 Å². The number of nitrogens with one attached hydrogen (secondary N) is 2. The van der Waals surface area contributed by atoms with Gasteiger partial charge in [0.25, 0.3) is 0 Å². The Bertz CT molecular complexity index is 518. The van der Waals surface area contributed by atoms with Gasteiger partial charge in [-0.3, -0.25) is 4.79 Å². The van der Waals surface area contributed by atoms with Gasteiger partial charge in [0.05, 0.1) is 24.0 Å². The van der Waals surface area contributed by atoms with Gasteiger partial charge in [-0.25, -0.2) is 0 Å². The molecule has 5 nitrogen and oxygen atoms in total. The molecule has 1 aromatic carbocycles. The van der Waals surface area contributed by atoms with E-state index < -0.39 is 0 Å². The highest BCUT2D eigenvalue weighted by Gasteiger charge is 2.21. The number of benzene rings is 1. The van der Waals surface area contributed by atoms with E-state index in [9.17, 15) is 9.90 Å². The largest absolute Gasteiger partial charge is 0.393 e. The Morgan fingerprint density at radius 3 is 2.46 bits per heavy atom. The number of halogens is 2. The monoisotopic (exact) mass is 375 g/mol. The number of anilines is 2. The molecule has 2 aliphatic rings. The van der Waals surface area contributed by atoms with Gasteiger partial charge in [-0.05, 0) is 50.3 Å². The number of para-hydroxylation sites is 2. The SMILES string of the molecule is Cl.Cl.O=C(CNCC1CC1)Nc1ccccc1N1CCC(O)CC1. The van der Waals surface area contributed by atoms with Crippen LogP contribution in [0.3, 0.4) is 0 Å². The molecule has 3 N–H and O–H groups in total. The predicted octanol–water partition coefficient (Wildman–Crippen LogP) is 2.43. The molecule has 1 aliphatic heterocycles. The number of carbonyl (C=O) groups excluding carboxylic acids is 1. The predicted molar refractivity (Wildman–Crippen MR) is 103 cm³/mol. The second-order valence-corrected chi connectivity index (χ2v) is 6.36. The van der Waals surface area contributed by atoms with Crippen LogP contribution < -0.4 is 15.5 Å². The summed E-state index contributed by atoms with van der Waals surface area (Å²) in [5, 5.41) is 15.9. The van der Waals surface area contributed by atoms with Gasteiger partial charge in [0.1, 0.15) is 0 Å². The van der Waals surface area contributed by atoms with Crippen LogP contribution in [-0.4, -0.2) is 43.3 Å². The van der Waals surface area contributed by atoms with Gasteiger partial charge in [-0.1, -0.05) is 12.1 Å². The summed E-state index contributed by atoms with van der Waals surface area (Å²) in [5.41, 5.74) is 1.90. The number of carbonyl (C=O) groups is 1. The van der Waals surface area contributed by atoms with Gasteiger partial charge in [-0.15, -0.1) is 24.8 Å². The first kappa shape index (κ1) is 21.0. The highest BCUT2D eigenvalue weighted by atomic mass is 35.5. The molecule has 0 spiro atoms. The first-order chi connectivity index (χ1) is 10.7. The van der Waals surface area contributed by atoms with Crippen molar-refractivity contribution in [2.75, 3.05) is 36.4 Å². The topological polar surface area (TPSA) is 64.6 Å². The molecule has 0 bridgehead atoms. The van der Waals surface area contributed by atoms with Gasteiger partial charge in [-0.2, -0.15) is 0 Å². The lowest BCUT2D eigenvalue weighted by atomic mass is 10.1. The minimum atomic E-state index is -0.190. The van der Waals surface area contributed by atoms with E-state index >= 15 is 0 Å². The maximum absolute atomic E-state index is 12.1.